The topological polar surface area (TPSA) is 124 Å². The number of fused-ring (bicyclic) bond motifs is 3. The van der Waals surface area contributed by atoms with Gasteiger partial charge in [-0.05, 0) is 43.5 Å². The number of nitrogens with zero attached hydrogens (tertiary/aromatic N) is 4. The number of para-hydroxylation sites is 1. The smallest absolute Gasteiger partial charge is 0.305 e. The highest BCUT2D eigenvalue weighted by atomic mass is 32.2. The maximum Gasteiger partial charge on any atom is 0.305 e. The normalized spacial score (nSPS) is 13.3. The predicted molar refractivity (Wildman–Crippen MR) is 125 cm³/mol. The molecule has 11 heteroatoms. The fourth-order valence-corrected chi connectivity index (χ4v) is 4.81. The number of furan rings is 1. The molecule has 2 aromatic rings. The summed E-state index contributed by atoms with van der Waals surface area (Å²) in [6.45, 7) is 0.716. The molecule has 1 aromatic heterocycles. The van der Waals surface area contributed by atoms with Crippen LogP contribution in [0.15, 0.2) is 63.1 Å². The van der Waals surface area contributed by atoms with E-state index >= 15 is 0 Å². The number of nitrogens with one attached hydrogen (secondary N) is 2. The van der Waals surface area contributed by atoms with Crippen LogP contribution in [0.4, 0.5) is 0 Å². The molecule has 34 heavy (non-hydrogen) atoms. The Morgan fingerprint density at radius 3 is 2.71 bits per heavy atom. The molecule has 10 nitrogen and oxygen atoms in total. The summed E-state index contributed by atoms with van der Waals surface area (Å²) < 4.78 is 8.42. The number of rotatable bonds is 5. The Balaban J connectivity index is 1.40. The summed E-state index contributed by atoms with van der Waals surface area (Å²) in [4.78, 5) is 42.2. The van der Waals surface area contributed by atoms with Gasteiger partial charge in [0.25, 0.3) is 5.56 Å². The molecular formula is C23H22N6O4S. The summed E-state index contributed by atoms with van der Waals surface area (Å²) in [6, 6.07) is 12.3. The molecule has 0 aliphatic carbocycles. The summed E-state index contributed by atoms with van der Waals surface area (Å²) in [5.41, 5.74) is 6.63. The zero-order valence-corrected chi connectivity index (χ0v) is 19.0. The standard InChI is InChI=1S/C23H22N6O4S/c30-18(25-26-21(31)17-11-7-13-33-17)14-34-23-24-20-19(16-10-5-2-6-12-28(16)23)22(32)29(27-20)15-8-3-1-4-9-15/h1,3-4,7-9,11,13H,2,5-6,10,12,14H2,(H,25,30)(H,26,31). The van der Waals surface area contributed by atoms with Gasteiger partial charge in [0.05, 0.1) is 17.7 Å². The molecule has 3 aliphatic rings. The first kappa shape index (κ1) is 22.0. The minimum absolute atomic E-state index is 0.0278. The number of amides is 2. The molecule has 4 heterocycles. The molecule has 0 bridgehead atoms. The number of aromatic nitrogens is 4. The average molecular weight is 479 g/mol. The highest BCUT2D eigenvalue weighted by Crippen LogP contribution is 2.30. The van der Waals surface area contributed by atoms with Gasteiger partial charge in [-0.1, -0.05) is 36.4 Å². The van der Waals surface area contributed by atoms with Crippen LogP contribution in [0.25, 0.3) is 17.1 Å². The van der Waals surface area contributed by atoms with Crippen molar-refractivity contribution in [2.24, 2.45) is 0 Å². The van der Waals surface area contributed by atoms with E-state index in [2.05, 4.69) is 20.9 Å². The van der Waals surface area contributed by atoms with Crippen LogP contribution in [-0.2, 0) is 17.8 Å². The molecule has 174 valence electrons. The molecule has 0 spiro atoms. The van der Waals surface area contributed by atoms with Gasteiger partial charge in [0.2, 0.25) is 5.91 Å². The van der Waals surface area contributed by atoms with Crippen molar-refractivity contribution in [3.63, 3.8) is 0 Å². The first-order chi connectivity index (χ1) is 16.6. The maximum absolute atomic E-state index is 13.3. The number of carbonyl (C=O) groups excluding carboxylic acids is 2. The van der Waals surface area contributed by atoms with Gasteiger partial charge in [0.1, 0.15) is 5.56 Å². The van der Waals surface area contributed by atoms with Gasteiger partial charge in [0.15, 0.2) is 16.7 Å². The van der Waals surface area contributed by atoms with E-state index in [4.69, 9.17) is 4.42 Å². The first-order valence-electron chi connectivity index (χ1n) is 10.9. The van der Waals surface area contributed by atoms with E-state index in [1.54, 1.807) is 6.07 Å². The second-order valence-electron chi connectivity index (χ2n) is 7.82. The lowest BCUT2D eigenvalue weighted by atomic mass is 10.1. The minimum atomic E-state index is -0.541. The predicted octanol–water partition coefficient (Wildman–Crippen LogP) is 2.41. The van der Waals surface area contributed by atoms with Crippen LogP contribution in [0.1, 0.15) is 35.5 Å². The number of carbonyl (C=O) groups is 2. The number of hydrazine groups is 1. The van der Waals surface area contributed by atoms with Crippen molar-refractivity contribution >= 4 is 23.6 Å². The molecule has 3 aliphatic heterocycles. The van der Waals surface area contributed by atoms with E-state index in [0.717, 1.165) is 31.4 Å². The van der Waals surface area contributed by atoms with Crippen LogP contribution >= 0.6 is 11.8 Å². The summed E-state index contributed by atoms with van der Waals surface area (Å²) in [6.07, 6.45) is 5.11. The van der Waals surface area contributed by atoms with Crippen molar-refractivity contribution in [1.82, 2.24) is 30.2 Å². The van der Waals surface area contributed by atoms with Crippen molar-refractivity contribution in [3.05, 3.63) is 70.5 Å². The molecule has 0 saturated heterocycles. The molecule has 5 rings (SSSR count). The van der Waals surface area contributed by atoms with Gasteiger partial charge >= 0.3 is 5.91 Å². The van der Waals surface area contributed by atoms with Gasteiger partial charge < -0.3 is 8.98 Å². The van der Waals surface area contributed by atoms with Crippen LogP contribution in [0.2, 0.25) is 0 Å². The third kappa shape index (κ3) is 4.34. The lowest BCUT2D eigenvalue weighted by Crippen LogP contribution is -2.42. The Labute approximate surface area is 198 Å². The summed E-state index contributed by atoms with van der Waals surface area (Å²) in [5.74, 6) is -0.436. The fourth-order valence-electron chi connectivity index (χ4n) is 3.97. The lowest BCUT2D eigenvalue weighted by molar-refractivity contribution is -0.119. The third-order valence-electron chi connectivity index (χ3n) is 5.56. The average Bonchev–Trinajstić information content (AvgIpc) is 3.43. The molecule has 0 saturated carbocycles. The Bertz CT molecular complexity index is 1350. The van der Waals surface area contributed by atoms with E-state index in [1.807, 2.05) is 34.9 Å². The maximum atomic E-state index is 13.3. The zero-order chi connectivity index (χ0) is 23.5. The molecule has 1 aromatic carbocycles. The zero-order valence-electron chi connectivity index (χ0n) is 18.2. The van der Waals surface area contributed by atoms with Crippen LogP contribution in [0.5, 0.6) is 0 Å². The molecule has 0 unspecified atom stereocenters. The van der Waals surface area contributed by atoms with E-state index in [-0.39, 0.29) is 17.1 Å². The van der Waals surface area contributed by atoms with Gasteiger partial charge in [0, 0.05) is 12.2 Å². The summed E-state index contributed by atoms with van der Waals surface area (Å²) in [5, 5.41) is 5.12. The largest absolute Gasteiger partial charge is 0.459 e. The third-order valence-corrected chi connectivity index (χ3v) is 6.54. The van der Waals surface area contributed by atoms with Gasteiger partial charge in [-0.3, -0.25) is 25.2 Å². The summed E-state index contributed by atoms with van der Waals surface area (Å²) in [7, 11) is 0. The second-order valence-corrected chi connectivity index (χ2v) is 8.77. The van der Waals surface area contributed by atoms with E-state index in [1.165, 1.54) is 28.8 Å². The number of benzene rings is 1. The quantitative estimate of drug-likeness (QED) is 0.256. The van der Waals surface area contributed by atoms with Gasteiger partial charge in [-0.25, -0.2) is 4.98 Å². The monoisotopic (exact) mass is 478 g/mol. The SMILES string of the molecule is O=C(CSc1nc2nn(-c3ccccc3)c(=O)c-2c2n1CCCCC2)NNC(=O)c1ccco1. The van der Waals surface area contributed by atoms with Crippen molar-refractivity contribution in [3.8, 4) is 17.1 Å². The number of hydrogen-bond donors (Lipinski definition) is 2. The minimum Gasteiger partial charge on any atom is -0.459 e. The first-order valence-corrected chi connectivity index (χ1v) is 11.9. The van der Waals surface area contributed by atoms with Crippen molar-refractivity contribution in [2.45, 2.75) is 37.4 Å². The number of hydrogen-bond acceptors (Lipinski definition) is 7. The molecule has 2 N–H and O–H groups in total. The van der Waals surface area contributed by atoms with Crippen LogP contribution in [0.3, 0.4) is 0 Å². The molecule has 2 amide bonds. The Kier molecular flexibility index (Phi) is 6.17. The van der Waals surface area contributed by atoms with E-state index in [9.17, 15) is 14.4 Å². The van der Waals surface area contributed by atoms with Gasteiger partial charge in [-0.2, -0.15) is 4.68 Å². The molecule has 0 atom stereocenters. The van der Waals surface area contributed by atoms with Crippen LogP contribution in [0, 0.1) is 0 Å². The van der Waals surface area contributed by atoms with Crippen LogP contribution < -0.4 is 16.4 Å². The second kappa shape index (κ2) is 9.56. The van der Waals surface area contributed by atoms with Crippen molar-refractivity contribution in [2.75, 3.05) is 5.75 Å². The molecule has 0 fully saturated rings. The van der Waals surface area contributed by atoms with Crippen LogP contribution in [-0.4, -0.2) is 36.9 Å². The Hall–Kier alpha value is -3.86. The number of thioether (sulfide) groups is 1. The fraction of sp³-hybridized carbons (Fsp3) is 0.261. The molecular weight excluding hydrogens is 456 g/mol. The van der Waals surface area contributed by atoms with Crippen molar-refractivity contribution in [1.29, 1.82) is 0 Å². The Morgan fingerprint density at radius 2 is 1.91 bits per heavy atom. The van der Waals surface area contributed by atoms with Gasteiger partial charge in [-0.15, -0.1) is 5.10 Å². The van der Waals surface area contributed by atoms with Crippen molar-refractivity contribution < 1.29 is 14.0 Å². The highest BCUT2D eigenvalue weighted by Gasteiger charge is 2.27. The summed E-state index contributed by atoms with van der Waals surface area (Å²) >= 11 is 1.24. The van der Waals surface area contributed by atoms with E-state index < -0.39 is 11.8 Å². The Morgan fingerprint density at radius 1 is 1.06 bits per heavy atom. The highest BCUT2D eigenvalue weighted by molar-refractivity contribution is 7.99. The lowest BCUT2D eigenvalue weighted by Gasteiger charge is -2.17. The molecule has 0 radical (unpaired) electrons. The van der Waals surface area contributed by atoms with E-state index in [0.29, 0.717) is 28.8 Å².